The van der Waals surface area contributed by atoms with Crippen molar-refractivity contribution in [3.63, 3.8) is 0 Å². The average Bonchev–Trinajstić information content (AvgIpc) is 2.58. The summed E-state index contributed by atoms with van der Waals surface area (Å²) < 4.78 is 0. The lowest BCUT2D eigenvalue weighted by molar-refractivity contribution is 1.03. The lowest BCUT2D eigenvalue weighted by atomic mass is 10.5. The number of aliphatic imine (C=N–C) groups is 1. The Morgan fingerprint density at radius 1 is 1.33 bits per heavy atom. The highest BCUT2D eigenvalue weighted by atomic mass is 15.3. The topological polar surface area (TPSA) is 102 Å². The second-order valence-electron chi connectivity index (χ2n) is 2.20. The number of H-pyrrole nitrogens is 1. The number of azo groups is 1. The maximum absolute atomic E-state index is 7.02. The van der Waals surface area contributed by atoms with Crippen molar-refractivity contribution in [2.24, 2.45) is 15.2 Å². The summed E-state index contributed by atoms with van der Waals surface area (Å²) in [4.78, 5) is 7.67. The van der Waals surface area contributed by atoms with Crippen molar-refractivity contribution in [3.05, 3.63) is 11.6 Å². The highest BCUT2D eigenvalue weighted by molar-refractivity contribution is 6.06. The summed E-state index contributed by atoms with van der Waals surface area (Å²) in [6.07, 6.45) is 0. The van der Waals surface area contributed by atoms with Crippen molar-refractivity contribution in [2.45, 2.75) is 6.92 Å². The molecule has 2 N–H and O–H groups in total. The second kappa shape index (κ2) is 2.29. The molecule has 0 saturated carbocycles. The van der Waals surface area contributed by atoms with E-state index >= 15 is 0 Å². The van der Waals surface area contributed by atoms with Gasteiger partial charge in [0.2, 0.25) is 11.7 Å². The molecule has 7 heteroatoms. The Bertz CT molecular complexity index is 384. The second-order valence-corrected chi connectivity index (χ2v) is 2.20. The number of rotatable bonds is 1. The predicted molar refractivity (Wildman–Crippen MR) is 40.2 cm³/mol. The van der Waals surface area contributed by atoms with Crippen LogP contribution in [0.15, 0.2) is 15.2 Å². The molecule has 0 atom stereocenters. The van der Waals surface area contributed by atoms with Gasteiger partial charge in [0, 0.05) is 0 Å². The fourth-order valence-corrected chi connectivity index (χ4v) is 0.777. The molecular weight excluding hydrogens is 158 g/mol. The van der Waals surface area contributed by atoms with Crippen LogP contribution in [0, 0.1) is 12.3 Å². The number of hydrogen-bond donors (Lipinski definition) is 2. The van der Waals surface area contributed by atoms with Crippen LogP contribution in [-0.4, -0.2) is 27.0 Å². The Hall–Kier alpha value is -1.92. The van der Waals surface area contributed by atoms with Gasteiger partial charge in [-0.05, 0) is 6.92 Å². The number of aryl methyl sites for hydroxylation is 1. The molecule has 0 fully saturated rings. The molecule has 12 heavy (non-hydrogen) atoms. The highest BCUT2D eigenvalue weighted by Crippen LogP contribution is 2.03. The first-order valence-electron chi connectivity index (χ1n) is 3.24. The van der Waals surface area contributed by atoms with E-state index in [4.69, 9.17) is 5.41 Å². The normalized spacial score (nSPS) is 15.4. The van der Waals surface area contributed by atoms with E-state index in [1.165, 1.54) is 0 Å². The third-order valence-electron chi connectivity index (χ3n) is 1.25. The monoisotopic (exact) mass is 163 g/mol. The minimum absolute atomic E-state index is 0.118. The standard InChI is InChI=1S/C5H5N7/c1-2-7-3(10-9-2)4-8-5(6)12-11-4/h6H,1H3,(H,7,9,10). The van der Waals surface area contributed by atoms with E-state index in [1.54, 1.807) is 6.92 Å². The van der Waals surface area contributed by atoms with E-state index in [0.29, 0.717) is 11.6 Å². The first kappa shape index (κ1) is 6.77. The van der Waals surface area contributed by atoms with Gasteiger partial charge >= 0.3 is 0 Å². The van der Waals surface area contributed by atoms with Gasteiger partial charge in [-0.1, -0.05) is 0 Å². The van der Waals surface area contributed by atoms with Crippen molar-refractivity contribution in [1.29, 1.82) is 5.41 Å². The first-order chi connectivity index (χ1) is 5.75. The molecule has 0 unspecified atom stereocenters. The fourth-order valence-electron chi connectivity index (χ4n) is 0.777. The van der Waals surface area contributed by atoms with Gasteiger partial charge < -0.3 is 0 Å². The lowest BCUT2D eigenvalue weighted by Gasteiger charge is -1.81. The predicted octanol–water partition coefficient (Wildman–Crippen LogP) is 0.260. The van der Waals surface area contributed by atoms with Gasteiger partial charge in [0.25, 0.3) is 5.96 Å². The maximum Gasteiger partial charge on any atom is 0.263 e. The summed E-state index contributed by atoms with van der Waals surface area (Å²) in [5.41, 5.74) is 0. The zero-order valence-corrected chi connectivity index (χ0v) is 6.24. The average molecular weight is 163 g/mol. The molecule has 0 aromatic carbocycles. The first-order valence-corrected chi connectivity index (χ1v) is 3.24. The molecule has 60 valence electrons. The van der Waals surface area contributed by atoms with E-state index in [9.17, 15) is 0 Å². The lowest BCUT2D eigenvalue weighted by Crippen LogP contribution is -1.97. The number of nitrogens with one attached hydrogen (secondary N) is 2. The van der Waals surface area contributed by atoms with Gasteiger partial charge in [-0.3, -0.25) is 10.5 Å². The number of aromatic amines is 1. The summed E-state index contributed by atoms with van der Waals surface area (Å²) in [5, 5.41) is 20.5. The van der Waals surface area contributed by atoms with Gasteiger partial charge in [-0.15, -0.1) is 15.3 Å². The highest BCUT2D eigenvalue weighted by Gasteiger charge is 2.13. The van der Waals surface area contributed by atoms with Crippen LogP contribution < -0.4 is 0 Å². The molecule has 0 spiro atoms. The third-order valence-corrected chi connectivity index (χ3v) is 1.25. The van der Waals surface area contributed by atoms with Crippen LogP contribution in [0.4, 0.5) is 0 Å². The van der Waals surface area contributed by atoms with Gasteiger partial charge in [0.05, 0.1) is 0 Å². The van der Waals surface area contributed by atoms with Crippen LogP contribution in [0.5, 0.6) is 0 Å². The Morgan fingerprint density at radius 3 is 2.67 bits per heavy atom. The van der Waals surface area contributed by atoms with Crippen LogP contribution in [-0.2, 0) is 0 Å². The molecule has 1 aromatic heterocycles. The van der Waals surface area contributed by atoms with E-state index in [-0.39, 0.29) is 11.8 Å². The quantitative estimate of drug-likeness (QED) is 0.620. The van der Waals surface area contributed by atoms with E-state index in [2.05, 4.69) is 30.4 Å². The molecule has 0 radical (unpaired) electrons. The zero-order chi connectivity index (χ0) is 8.55. The van der Waals surface area contributed by atoms with Gasteiger partial charge in [0.15, 0.2) is 0 Å². The van der Waals surface area contributed by atoms with E-state index in [0.717, 1.165) is 0 Å². The fraction of sp³-hybridized carbons (Fsp3) is 0.200. The zero-order valence-electron chi connectivity index (χ0n) is 6.24. The number of guanidine groups is 1. The number of hydrogen-bond acceptors (Lipinski definition) is 4. The SMILES string of the molecule is Cc1nc(C2=NC(=N)N=N2)n[nH]1. The Kier molecular flexibility index (Phi) is 1.29. The smallest absolute Gasteiger partial charge is 0.263 e. The van der Waals surface area contributed by atoms with Gasteiger partial charge in [0.1, 0.15) is 5.82 Å². The summed E-state index contributed by atoms with van der Waals surface area (Å²) in [5.74, 6) is 1.22. The number of aromatic nitrogens is 3. The van der Waals surface area contributed by atoms with Crippen molar-refractivity contribution >= 4 is 11.8 Å². The largest absolute Gasteiger partial charge is 0.264 e. The van der Waals surface area contributed by atoms with Crippen LogP contribution in [0.2, 0.25) is 0 Å². The van der Waals surface area contributed by atoms with Gasteiger partial charge in [-0.25, -0.2) is 4.98 Å². The maximum atomic E-state index is 7.02. The molecule has 2 rings (SSSR count). The number of nitrogens with zero attached hydrogens (tertiary/aromatic N) is 5. The molecule has 0 saturated heterocycles. The van der Waals surface area contributed by atoms with Crippen LogP contribution in [0.1, 0.15) is 11.6 Å². The molecular formula is C5H5N7. The summed E-state index contributed by atoms with van der Waals surface area (Å²) in [6.45, 7) is 1.77. The molecule has 2 heterocycles. The molecule has 0 amide bonds. The van der Waals surface area contributed by atoms with Crippen molar-refractivity contribution in [2.75, 3.05) is 0 Å². The van der Waals surface area contributed by atoms with E-state index in [1.807, 2.05) is 0 Å². The molecule has 1 aromatic rings. The Labute approximate surface area is 67.2 Å². The van der Waals surface area contributed by atoms with Crippen molar-refractivity contribution < 1.29 is 0 Å². The minimum atomic E-state index is -0.118. The Morgan fingerprint density at radius 2 is 2.17 bits per heavy atom. The minimum Gasteiger partial charge on any atom is -0.264 e. The summed E-state index contributed by atoms with van der Waals surface area (Å²) in [7, 11) is 0. The van der Waals surface area contributed by atoms with Crippen molar-refractivity contribution in [3.8, 4) is 0 Å². The van der Waals surface area contributed by atoms with Crippen LogP contribution >= 0.6 is 0 Å². The molecule has 0 bridgehead atoms. The molecule has 0 aliphatic carbocycles. The number of amidine groups is 1. The van der Waals surface area contributed by atoms with Crippen molar-refractivity contribution in [1.82, 2.24) is 15.2 Å². The summed E-state index contributed by atoms with van der Waals surface area (Å²) >= 11 is 0. The Balaban J connectivity index is 2.39. The molecule has 7 nitrogen and oxygen atoms in total. The van der Waals surface area contributed by atoms with Crippen LogP contribution in [0.3, 0.4) is 0 Å². The van der Waals surface area contributed by atoms with Crippen LogP contribution in [0.25, 0.3) is 0 Å². The van der Waals surface area contributed by atoms with E-state index < -0.39 is 0 Å². The summed E-state index contributed by atoms with van der Waals surface area (Å²) in [6, 6.07) is 0. The molecule has 1 aliphatic heterocycles. The van der Waals surface area contributed by atoms with Gasteiger partial charge in [-0.2, -0.15) is 4.99 Å². The molecule has 1 aliphatic rings. The third kappa shape index (κ3) is 1.00.